The monoisotopic (exact) mass is 485 g/mol. The molecule has 2 N–H and O–H groups in total. The van der Waals surface area contributed by atoms with Gasteiger partial charge in [-0.05, 0) is 42.9 Å². The first kappa shape index (κ1) is 22.8. The Labute approximate surface area is 182 Å². The molecule has 1 aromatic carbocycles. The quantitative estimate of drug-likeness (QED) is 0.566. The number of carboxylic acids is 1. The third kappa shape index (κ3) is 4.90. The molecule has 30 heavy (non-hydrogen) atoms. The molecule has 0 radical (unpaired) electrons. The standard InChI is InChI=1S/C22H26BrF2NO4/c1-22(24,25)19(13-7-3-2-4-8-13)26-20(28)17-16(21(29)30)15(18(17)27)11-12-6-5-9-14(23)10-12/h5-6,9-10,13,15-17,19H,2-4,7-8,11H2,1H3,(H,26,28)(H,29,30)/t15-,16-,17?,19+/m1/s1. The molecule has 0 aromatic heterocycles. The summed E-state index contributed by atoms with van der Waals surface area (Å²) in [4.78, 5) is 37.3. The van der Waals surface area contributed by atoms with Gasteiger partial charge in [0.15, 0.2) is 5.78 Å². The van der Waals surface area contributed by atoms with Crippen molar-refractivity contribution in [3.63, 3.8) is 0 Å². The molecule has 5 nitrogen and oxygen atoms in total. The van der Waals surface area contributed by atoms with Crippen LogP contribution in [0.5, 0.6) is 0 Å². The molecule has 1 unspecified atom stereocenters. The molecule has 164 valence electrons. The van der Waals surface area contributed by atoms with Crippen molar-refractivity contribution in [2.24, 2.45) is 23.7 Å². The van der Waals surface area contributed by atoms with Gasteiger partial charge in [-0.15, -0.1) is 0 Å². The summed E-state index contributed by atoms with van der Waals surface area (Å²) in [6.45, 7) is 0.764. The number of Topliss-reactive ketones (excluding diaryl/α,β-unsaturated/α-hetero) is 1. The number of alkyl halides is 2. The lowest BCUT2D eigenvalue weighted by Crippen LogP contribution is -2.61. The van der Waals surface area contributed by atoms with Crippen LogP contribution in [0.3, 0.4) is 0 Å². The number of carboxylic acid groups (broad SMARTS) is 1. The van der Waals surface area contributed by atoms with Gasteiger partial charge in [-0.1, -0.05) is 47.3 Å². The van der Waals surface area contributed by atoms with E-state index < -0.39 is 47.4 Å². The van der Waals surface area contributed by atoms with Crippen LogP contribution < -0.4 is 5.32 Å². The van der Waals surface area contributed by atoms with Crippen LogP contribution in [0.1, 0.15) is 44.6 Å². The number of nitrogens with one attached hydrogen (secondary N) is 1. The SMILES string of the molecule is CC(F)(F)[C@@H](NC(=O)C1C(=O)[C@H](Cc2cccc(Br)c2)[C@H]1C(=O)O)C1CCCCC1. The lowest BCUT2D eigenvalue weighted by Gasteiger charge is -2.41. The van der Waals surface area contributed by atoms with Gasteiger partial charge in [0.05, 0.1) is 12.0 Å². The van der Waals surface area contributed by atoms with Gasteiger partial charge < -0.3 is 10.4 Å². The van der Waals surface area contributed by atoms with E-state index in [1.807, 2.05) is 6.07 Å². The van der Waals surface area contributed by atoms with Gasteiger partial charge >= 0.3 is 5.97 Å². The van der Waals surface area contributed by atoms with Gasteiger partial charge in [-0.25, -0.2) is 8.78 Å². The molecule has 2 saturated carbocycles. The summed E-state index contributed by atoms with van der Waals surface area (Å²) in [6, 6.07) is 5.77. The van der Waals surface area contributed by atoms with Crippen molar-refractivity contribution >= 4 is 33.6 Å². The van der Waals surface area contributed by atoms with E-state index in [2.05, 4.69) is 21.2 Å². The number of halogens is 3. The number of hydrogen-bond donors (Lipinski definition) is 2. The summed E-state index contributed by atoms with van der Waals surface area (Å²) in [5.74, 6) is -9.66. The number of rotatable bonds is 7. The summed E-state index contributed by atoms with van der Waals surface area (Å²) in [7, 11) is 0. The highest BCUT2D eigenvalue weighted by molar-refractivity contribution is 9.10. The molecule has 2 aliphatic carbocycles. The van der Waals surface area contributed by atoms with Crippen LogP contribution in [0.2, 0.25) is 0 Å². The average molecular weight is 486 g/mol. The fraction of sp³-hybridized carbons (Fsp3) is 0.591. The van der Waals surface area contributed by atoms with E-state index in [0.29, 0.717) is 12.8 Å². The van der Waals surface area contributed by atoms with Gasteiger partial charge in [-0.3, -0.25) is 14.4 Å². The Bertz CT molecular complexity index is 820. The van der Waals surface area contributed by atoms with Crippen molar-refractivity contribution in [2.45, 2.75) is 57.4 Å². The molecular weight excluding hydrogens is 460 g/mol. The number of amides is 1. The van der Waals surface area contributed by atoms with Crippen molar-refractivity contribution in [1.29, 1.82) is 0 Å². The maximum Gasteiger partial charge on any atom is 0.308 e. The molecule has 2 aliphatic rings. The summed E-state index contributed by atoms with van der Waals surface area (Å²) in [5, 5.41) is 12.0. The minimum atomic E-state index is -3.15. The second-order valence-corrected chi connectivity index (χ2v) is 9.44. The molecule has 2 fully saturated rings. The van der Waals surface area contributed by atoms with Crippen LogP contribution in [0.15, 0.2) is 28.7 Å². The molecule has 0 spiro atoms. The molecule has 1 aromatic rings. The summed E-state index contributed by atoms with van der Waals surface area (Å²) in [6.07, 6.45) is 3.98. The minimum Gasteiger partial charge on any atom is -0.481 e. The highest BCUT2D eigenvalue weighted by Gasteiger charge is 2.58. The Kier molecular flexibility index (Phi) is 6.95. The zero-order chi connectivity index (χ0) is 22.1. The highest BCUT2D eigenvalue weighted by atomic mass is 79.9. The Hall–Kier alpha value is -1.83. The first-order valence-corrected chi connectivity index (χ1v) is 11.1. The first-order chi connectivity index (χ1) is 14.1. The summed E-state index contributed by atoms with van der Waals surface area (Å²) in [5.41, 5.74) is 0.771. The Morgan fingerprint density at radius 3 is 2.50 bits per heavy atom. The Morgan fingerprint density at radius 1 is 1.27 bits per heavy atom. The number of carbonyl (C=O) groups excluding carboxylic acids is 2. The van der Waals surface area contributed by atoms with Crippen molar-refractivity contribution < 1.29 is 28.3 Å². The average Bonchev–Trinajstić information content (AvgIpc) is 2.67. The van der Waals surface area contributed by atoms with E-state index in [1.165, 1.54) is 0 Å². The summed E-state index contributed by atoms with van der Waals surface area (Å²) >= 11 is 3.33. The maximum absolute atomic E-state index is 14.3. The topological polar surface area (TPSA) is 83.5 Å². The largest absolute Gasteiger partial charge is 0.481 e. The van der Waals surface area contributed by atoms with E-state index >= 15 is 0 Å². The molecular formula is C22H26BrF2NO4. The molecule has 4 atom stereocenters. The van der Waals surface area contributed by atoms with Gasteiger partial charge in [-0.2, -0.15) is 0 Å². The molecule has 0 heterocycles. The van der Waals surface area contributed by atoms with Crippen LogP contribution in [0, 0.1) is 23.7 Å². The third-order valence-corrected chi connectivity index (χ3v) is 6.84. The first-order valence-electron chi connectivity index (χ1n) is 10.3. The smallest absolute Gasteiger partial charge is 0.308 e. The minimum absolute atomic E-state index is 0.189. The normalized spacial score (nSPS) is 26.0. The van der Waals surface area contributed by atoms with Crippen LogP contribution in [-0.4, -0.2) is 34.7 Å². The van der Waals surface area contributed by atoms with Crippen LogP contribution in [0.4, 0.5) is 8.78 Å². The highest BCUT2D eigenvalue weighted by Crippen LogP contribution is 2.41. The second kappa shape index (κ2) is 9.12. The van der Waals surface area contributed by atoms with Crippen molar-refractivity contribution in [3.8, 4) is 0 Å². The zero-order valence-electron chi connectivity index (χ0n) is 16.7. The van der Waals surface area contributed by atoms with Crippen LogP contribution >= 0.6 is 15.9 Å². The van der Waals surface area contributed by atoms with Crippen LogP contribution in [-0.2, 0) is 20.8 Å². The molecule has 1 amide bonds. The Balaban J connectivity index is 1.74. The predicted molar refractivity (Wildman–Crippen MR) is 110 cm³/mol. The van der Waals surface area contributed by atoms with E-state index in [1.54, 1.807) is 18.2 Å². The molecule has 0 saturated heterocycles. The molecule has 3 rings (SSSR count). The fourth-order valence-corrected chi connectivity index (χ4v) is 5.27. The van der Waals surface area contributed by atoms with E-state index in [9.17, 15) is 28.3 Å². The number of aliphatic carboxylic acids is 1. The number of hydrogen-bond acceptors (Lipinski definition) is 3. The molecule has 0 aliphatic heterocycles. The van der Waals surface area contributed by atoms with Crippen LogP contribution in [0.25, 0.3) is 0 Å². The Morgan fingerprint density at radius 2 is 1.93 bits per heavy atom. The fourth-order valence-electron chi connectivity index (χ4n) is 4.82. The van der Waals surface area contributed by atoms with Crippen molar-refractivity contribution in [1.82, 2.24) is 5.32 Å². The lowest BCUT2D eigenvalue weighted by atomic mass is 9.61. The predicted octanol–water partition coefficient (Wildman–Crippen LogP) is 4.23. The second-order valence-electron chi connectivity index (χ2n) is 8.53. The van der Waals surface area contributed by atoms with Gasteiger partial charge in [0, 0.05) is 17.3 Å². The van der Waals surface area contributed by atoms with Crippen molar-refractivity contribution in [2.75, 3.05) is 0 Å². The number of carbonyl (C=O) groups is 3. The van der Waals surface area contributed by atoms with Crippen molar-refractivity contribution in [3.05, 3.63) is 34.3 Å². The van der Waals surface area contributed by atoms with E-state index in [-0.39, 0.29) is 12.3 Å². The number of benzene rings is 1. The molecule has 8 heteroatoms. The van der Waals surface area contributed by atoms with E-state index in [0.717, 1.165) is 36.2 Å². The maximum atomic E-state index is 14.3. The zero-order valence-corrected chi connectivity index (χ0v) is 18.3. The van der Waals surface area contributed by atoms with Gasteiger partial charge in [0.25, 0.3) is 5.92 Å². The van der Waals surface area contributed by atoms with Gasteiger partial charge in [0.1, 0.15) is 5.92 Å². The van der Waals surface area contributed by atoms with Gasteiger partial charge in [0.2, 0.25) is 5.91 Å². The third-order valence-electron chi connectivity index (χ3n) is 6.34. The lowest BCUT2D eigenvalue weighted by molar-refractivity contribution is -0.168. The summed E-state index contributed by atoms with van der Waals surface area (Å²) < 4.78 is 29.3. The molecule has 0 bridgehead atoms. The van der Waals surface area contributed by atoms with E-state index in [4.69, 9.17) is 0 Å². The number of ketones is 1.